The van der Waals surface area contributed by atoms with Gasteiger partial charge in [-0.05, 0) is 12.1 Å². The Bertz CT molecular complexity index is 669. The molecule has 0 atom stereocenters. The maximum absolute atomic E-state index is 5.56. The summed E-state index contributed by atoms with van der Waals surface area (Å²) < 4.78 is 2.00. The van der Waals surface area contributed by atoms with Crippen molar-refractivity contribution in [2.24, 2.45) is 12.8 Å². The first-order valence-electron chi connectivity index (χ1n) is 5.22. The average Bonchev–Trinajstić information content (AvgIpc) is 2.95. The molecule has 0 radical (unpaired) electrons. The number of hydrogen-bond acceptors (Lipinski definition) is 5. The normalized spacial score (nSPS) is 11.2. The highest BCUT2D eigenvalue weighted by atomic mass is 32.1. The zero-order chi connectivity index (χ0) is 11.8. The van der Waals surface area contributed by atoms with E-state index in [0.29, 0.717) is 6.54 Å². The number of aromatic nitrogens is 4. The molecule has 2 N–H and O–H groups in total. The molecule has 0 saturated heterocycles. The van der Waals surface area contributed by atoms with Crippen LogP contribution in [0, 0.1) is 0 Å². The van der Waals surface area contributed by atoms with E-state index in [1.807, 2.05) is 29.1 Å². The topological polar surface area (TPSA) is 69.6 Å². The van der Waals surface area contributed by atoms with Crippen molar-refractivity contribution in [3.8, 4) is 11.5 Å². The third-order valence-electron chi connectivity index (χ3n) is 2.61. The molecule has 0 aromatic carbocycles. The molecule has 0 spiro atoms. The molecule has 3 aromatic rings. The van der Waals surface area contributed by atoms with Gasteiger partial charge in [-0.3, -0.25) is 0 Å². The van der Waals surface area contributed by atoms with Crippen LogP contribution in [0.2, 0.25) is 0 Å². The van der Waals surface area contributed by atoms with E-state index < -0.39 is 0 Å². The Hall–Kier alpha value is -1.79. The van der Waals surface area contributed by atoms with Crippen molar-refractivity contribution in [3.05, 3.63) is 28.7 Å². The summed E-state index contributed by atoms with van der Waals surface area (Å²) in [6.45, 7) is 0.465. The maximum Gasteiger partial charge on any atom is 0.178 e. The summed E-state index contributed by atoms with van der Waals surface area (Å²) in [5, 5.41) is 2.89. The molecular formula is C11H11N5S. The predicted molar refractivity (Wildman–Crippen MR) is 67.5 cm³/mol. The van der Waals surface area contributed by atoms with Crippen LogP contribution in [0.3, 0.4) is 0 Å². The molecule has 0 amide bonds. The van der Waals surface area contributed by atoms with E-state index in [1.165, 1.54) is 0 Å². The molecule has 0 aliphatic heterocycles. The largest absolute Gasteiger partial charge is 0.325 e. The van der Waals surface area contributed by atoms with Crippen molar-refractivity contribution < 1.29 is 0 Å². The minimum atomic E-state index is 0.465. The van der Waals surface area contributed by atoms with Gasteiger partial charge in [-0.2, -0.15) is 0 Å². The number of hydrogen-bond donors (Lipinski definition) is 1. The SMILES string of the molecule is Cn1c(-c2csc(CN)n2)nc2ncccc21. The van der Waals surface area contributed by atoms with E-state index >= 15 is 0 Å². The van der Waals surface area contributed by atoms with E-state index in [0.717, 1.165) is 27.7 Å². The molecule has 17 heavy (non-hydrogen) atoms. The molecule has 6 heteroatoms. The van der Waals surface area contributed by atoms with E-state index in [1.54, 1.807) is 17.5 Å². The van der Waals surface area contributed by atoms with Crippen molar-refractivity contribution in [1.29, 1.82) is 0 Å². The number of fused-ring (bicyclic) bond motifs is 1. The standard InChI is InChI=1S/C11H11N5S/c1-16-8-3-2-4-13-10(8)15-11(16)7-6-17-9(5-12)14-7/h2-4,6H,5,12H2,1H3. The number of thiazole rings is 1. The third kappa shape index (κ3) is 1.62. The lowest BCUT2D eigenvalue weighted by atomic mass is 10.4. The number of aryl methyl sites for hydroxylation is 1. The summed E-state index contributed by atoms with van der Waals surface area (Å²) in [7, 11) is 1.97. The van der Waals surface area contributed by atoms with Gasteiger partial charge in [0.15, 0.2) is 11.5 Å². The summed E-state index contributed by atoms with van der Waals surface area (Å²) in [5.41, 5.74) is 8.17. The second-order valence-corrected chi connectivity index (χ2v) is 4.61. The first-order valence-corrected chi connectivity index (χ1v) is 6.10. The van der Waals surface area contributed by atoms with Crippen molar-refractivity contribution in [2.75, 3.05) is 0 Å². The lowest BCUT2D eigenvalue weighted by Gasteiger charge is -1.97. The minimum absolute atomic E-state index is 0.465. The Kier molecular flexibility index (Phi) is 2.38. The third-order valence-corrected chi connectivity index (χ3v) is 3.48. The zero-order valence-electron chi connectivity index (χ0n) is 9.29. The number of pyridine rings is 1. The maximum atomic E-state index is 5.56. The summed E-state index contributed by atoms with van der Waals surface area (Å²) >= 11 is 1.55. The second kappa shape index (κ2) is 3.90. The molecule has 0 bridgehead atoms. The fourth-order valence-corrected chi connectivity index (χ4v) is 2.42. The van der Waals surface area contributed by atoms with E-state index in [2.05, 4.69) is 15.0 Å². The van der Waals surface area contributed by atoms with Crippen LogP contribution in [-0.4, -0.2) is 19.5 Å². The monoisotopic (exact) mass is 245 g/mol. The van der Waals surface area contributed by atoms with Crippen LogP contribution in [0.25, 0.3) is 22.7 Å². The van der Waals surface area contributed by atoms with Crippen LogP contribution in [-0.2, 0) is 13.6 Å². The van der Waals surface area contributed by atoms with Crippen molar-refractivity contribution in [2.45, 2.75) is 6.54 Å². The molecular weight excluding hydrogens is 234 g/mol. The van der Waals surface area contributed by atoms with Crippen molar-refractivity contribution in [3.63, 3.8) is 0 Å². The molecule has 0 unspecified atom stereocenters. The average molecular weight is 245 g/mol. The molecule has 0 saturated carbocycles. The second-order valence-electron chi connectivity index (χ2n) is 3.67. The number of nitrogens with zero attached hydrogens (tertiary/aromatic N) is 4. The molecule has 0 aliphatic carbocycles. The molecule has 0 fully saturated rings. The molecule has 5 nitrogen and oxygen atoms in total. The molecule has 86 valence electrons. The Morgan fingerprint density at radius 1 is 1.41 bits per heavy atom. The van der Waals surface area contributed by atoms with Gasteiger partial charge in [0.2, 0.25) is 0 Å². The van der Waals surface area contributed by atoms with Gasteiger partial charge in [-0.15, -0.1) is 11.3 Å². The van der Waals surface area contributed by atoms with E-state index in [-0.39, 0.29) is 0 Å². The smallest absolute Gasteiger partial charge is 0.178 e. The van der Waals surface area contributed by atoms with Crippen LogP contribution >= 0.6 is 11.3 Å². The summed E-state index contributed by atoms with van der Waals surface area (Å²) in [5.74, 6) is 0.828. The van der Waals surface area contributed by atoms with Crippen LogP contribution < -0.4 is 5.73 Å². The van der Waals surface area contributed by atoms with Crippen molar-refractivity contribution in [1.82, 2.24) is 19.5 Å². The quantitative estimate of drug-likeness (QED) is 0.743. The highest BCUT2D eigenvalue weighted by Gasteiger charge is 2.12. The van der Waals surface area contributed by atoms with Gasteiger partial charge < -0.3 is 10.3 Å². The van der Waals surface area contributed by atoms with Gasteiger partial charge in [0.25, 0.3) is 0 Å². The number of nitrogens with two attached hydrogens (primary N) is 1. The van der Waals surface area contributed by atoms with Crippen molar-refractivity contribution >= 4 is 22.5 Å². The van der Waals surface area contributed by atoms with Gasteiger partial charge >= 0.3 is 0 Å². The summed E-state index contributed by atoms with van der Waals surface area (Å²) in [6, 6.07) is 3.90. The summed E-state index contributed by atoms with van der Waals surface area (Å²) in [4.78, 5) is 13.2. The fraction of sp³-hybridized carbons (Fsp3) is 0.182. The van der Waals surface area contributed by atoms with Crippen LogP contribution in [0.1, 0.15) is 5.01 Å². The Balaban J connectivity index is 2.20. The van der Waals surface area contributed by atoms with Gasteiger partial charge in [0.1, 0.15) is 10.7 Å². The van der Waals surface area contributed by atoms with Gasteiger partial charge in [0, 0.05) is 25.2 Å². The minimum Gasteiger partial charge on any atom is -0.325 e. The molecule has 3 aromatic heterocycles. The lowest BCUT2D eigenvalue weighted by molar-refractivity contribution is 0.946. The molecule has 0 aliphatic rings. The highest BCUT2D eigenvalue weighted by Crippen LogP contribution is 2.23. The number of imidazole rings is 1. The first-order chi connectivity index (χ1) is 8.29. The van der Waals surface area contributed by atoms with Gasteiger partial charge in [-0.1, -0.05) is 0 Å². The van der Waals surface area contributed by atoms with E-state index in [4.69, 9.17) is 5.73 Å². The Morgan fingerprint density at radius 3 is 3.00 bits per heavy atom. The van der Waals surface area contributed by atoms with Crippen LogP contribution in [0.15, 0.2) is 23.7 Å². The zero-order valence-corrected chi connectivity index (χ0v) is 10.1. The number of rotatable bonds is 2. The van der Waals surface area contributed by atoms with Crippen LogP contribution in [0.5, 0.6) is 0 Å². The lowest BCUT2D eigenvalue weighted by Crippen LogP contribution is -1.96. The van der Waals surface area contributed by atoms with Gasteiger partial charge in [-0.25, -0.2) is 15.0 Å². The Labute approximate surface area is 102 Å². The van der Waals surface area contributed by atoms with E-state index in [9.17, 15) is 0 Å². The highest BCUT2D eigenvalue weighted by molar-refractivity contribution is 7.09. The molecule has 3 heterocycles. The first kappa shape index (κ1) is 10.4. The molecule has 3 rings (SSSR count). The fourth-order valence-electron chi connectivity index (χ4n) is 1.76. The Morgan fingerprint density at radius 2 is 2.29 bits per heavy atom. The van der Waals surface area contributed by atoms with Gasteiger partial charge in [0.05, 0.1) is 5.52 Å². The predicted octanol–water partition coefficient (Wildman–Crippen LogP) is 1.55. The van der Waals surface area contributed by atoms with Crippen LogP contribution in [0.4, 0.5) is 0 Å². The summed E-state index contributed by atoms with van der Waals surface area (Å²) in [6.07, 6.45) is 1.74.